The maximum Gasteiger partial charge on any atom is 0.251 e. The van der Waals surface area contributed by atoms with Crippen LogP contribution in [0, 0.1) is 0 Å². The van der Waals surface area contributed by atoms with Crippen LogP contribution in [0.1, 0.15) is 28.9 Å². The molecular formula is C18H19NO4. The van der Waals surface area contributed by atoms with Crippen LogP contribution >= 0.6 is 0 Å². The summed E-state index contributed by atoms with van der Waals surface area (Å²) >= 11 is 0. The Labute approximate surface area is 135 Å². The van der Waals surface area contributed by atoms with Crippen LogP contribution in [0.5, 0.6) is 17.2 Å². The van der Waals surface area contributed by atoms with E-state index in [-0.39, 0.29) is 11.9 Å². The fourth-order valence-electron chi connectivity index (χ4n) is 2.44. The first-order valence-electron chi connectivity index (χ1n) is 7.52. The van der Waals surface area contributed by atoms with Crippen molar-refractivity contribution < 1.29 is 19.0 Å². The number of hydrogen-bond donors (Lipinski definition) is 1. The Hall–Kier alpha value is -2.69. The van der Waals surface area contributed by atoms with Gasteiger partial charge in [0.15, 0.2) is 11.5 Å². The Morgan fingerprint density at radius 1 is 1.09 bits per heavy atom. The third-order valence-corrected chi connectivity index (χ3v) is 3.77. The predicted octanol–water partition coefficient (Wildman–Crippen LogP) is 2.96. The molecule has 1 heterocycles. The molecule has 120 valence electrons. The molecule has 2 aromatic rings. The molecule has 2 aromatic carbocycles. The fourth-order valence-corrected chi connectivity index (χ4v) is 2.44. The topological polar surface area (TPSA) is 56.8 Å². The van der Waals surface area contributed by atoms with E-state index < -0.39 is 0 Å². The number of hydrogen-bond acceptors (Lipinski definition) is 4. The highest BCUT2D eigenvalue weighted by molar-refractivity contribution is 5.95. The summed E-state index contributed by atoms with van der Waals surface area (Å²) in [5.41, 5.74) is 1.56. The highest BCUT2D eigenvalue weighted by atomic mass is 16.6. The van der Waals surface area contributed by atoms with Crippen molar-refractivity contribution in [3.05, 3.63) is 53.6 Å². The quantitative estimate of drug-likeness (QED) is 0.943. The Bertz CT molecular complexity index is 697. The molecular weight excluding hydrogens is 294 g/mol. The molecule has 1 N–H and O–H groups in total. The van der Waals surface area contributed by atoms with E-state index in [2.05, 4.69) is 5.32 Å². The minimum atomic E-state index is -0.148. The molecule has 23 heavy (non-hydrogen) atoms. The molecule has 0 saturated carbocycles. The summed E-state index contributed by atoms with van der Waals surface area (Å²) in [6.45, 7) is 2.98. The summed E-state index contributed by atoms with van der Waals surface area (Å²) in [4.78, 5) is 12.4. The molecule has 5 nitrogen and oxygen atoms in total. The number of nitrogens with one attached hydrogen (secondary N) is 1. The van der Waals surface area contributed by atoms with Gasteiger partial charge in [-0.05, 0) is 42.8 Å². The second-order valence-corrected chi connectivity index (χ2v) is 5.33. The van der Waals surface area contributed by atoms with Gasteiger partial charge >= 0.3 is 0 Å². The third-order valence-electron chi connectivity index (χ3n) is 3.77. The number of benzene rings is 2. The number of rotatable bonds is 4. The molecule has 1 aliphatic heterocycles. The zero-order chi connectivity index (χ0) is 16.2. The van der Waals surface area contributed by atoms with E-state index in [1.807, 2.05) is 31.2 Å². The molecule has 3 rings (SSSR count). The molecule has 0 spiro atoms. The largest absolute Gasteiger partial charge is 0.497 e. The molecule has 0 fully saturated rings. The van der Waals surface area contributed by atoms with Crippen LogP contribution in [0.25, 0.3) is 0 Å². The molecule has 0 saturated heterocycles. The number of ether oxygens (including phenoxy) is 3. The highest BCUT2D eigenvalue weighted by Crippen LogP contribution is 2.30. The fraction of sp³-hybridized carbons (Fsp3) is 0.278. The zero-order valence-electron chi connectivity index (χ0n) is 13.2. The van der Waals surface area contributed by atoms with E-state index >= 15 is 0 Å². The first kappa shape index (κ1) is 15.2. The van der Waals surface area contributed by atoms with Gasteiger partial charge in [-0.15, -0.1) is 0 Å². The van der Waals surface area contributed by atoms with E-state index in [4.69, 9.17) is 14.2 Å². The van der Waals surface area contributed by atoms with Gasteiger partial charge in [0.25, 0.3) is 5.91 Å². The van der Waals surface area contributed by atoms with Crippen LogP contribution in [0.2, 0.25) is 0 Å². The van der Waals surface area contributed by atoms with Crippen molar-refractivity contribution in [3.63, 3.8) is 0 Å². The molecule has 0 aromatic heterocycles. The Morgan fingerprint density at radius 3 is 2.48 bits per heavy atom. The molecule has 0 bridgehead atoms. The monoisotopic (exact) mass is 313 g/mol. The molecule has 1 aliphatic rings. The number of carbonyl (C=O) groups is 1. The van der Waals surface area contributed by atoms with Gasteiger partial charge in [0.2, 0.25) is 0 Å². The van der Waals surface area contributed by atoms with Gasteiger partial charge in [-0.2, -0.15) is 0 Å². The minimum Gasteiger partial charge on any atom is -0.497 e. The minimum absolute atomic E-state index is 0.110. The summed E-state index contributed by atoms with van der Waals surface area (Å²) in [6, 6.07) is 12.7. The van der Waals surface area contributed by atoms with Crippen molar-refractivity contribution in [2.75, 3.05) is 20.3 Å². The van der Waals surface area contributed by atoms with Gasteiger partial charge in [-0.25, -0.2) is 0 Å². The number of methoxy groups -OCH3 is 1. The predicted molar refractivity (Wildman–Crippen MR) is 86.3 cm³/mol. The highest BCUT2D eigenvalue weighted by Gasteiger charge is 2.16. The second-order valence-electron chi connectivity index (χ2n) is 5.33. The maximum atomic E-state index is 12.4. The van der Waals surface area contributed by atoms with Gasteiger partial charge in [-0.3, -0.25) is 4.79 Å². The Kier molecular flexibility index (Phi) is 4.37. The first-order valence-corrected chi connectivity index (χ1v) is 7.52. The molecule has 1 amide bonds. The van der Waals surface area contributed by atoms with Crippen LogP contribution in [-0.4, -0.2) is 26.2 Å². The smallest absolute Gasteiger partial charge is 0.251 e. The number of amides is 1. The van der Waals surface area contributed by atoms with Crippen molar-refractivity contribution in [1.29, 1.82) is 0 Å². The van der Waals surface area contributed by atoms with E-state index in [0.29, 0.717) is 30.3 Å². The van der Waals surface area contributed by atoms with E-state index in [0.717, 1.165) is 11.3 Å². The van der Waals surface area contributed by atoms with Crippen molar-refractivity contribution in [2.24, 2.45) is 0 Å². The van der Waals surface area contributed by atoms with Crippen molar-refractivity contribution in [3.8, 4) is 17.2 Å². The van der Waals surface area contributed by atoms with Gasteiger partial charge in [-0.1, -0.05) is 12.1 Å². The summed E-state index contributed by atoms with van der Waals surface area (Å²) in [7, 11) is 1.63. The molecule has 0 aliphatic carbocycles. The van der Waals surface area contributed by atoms with E-state index in [1.54, 1.807) is 25.3 Å². The number of fused-ring (bicyclic) bond motifs is 1. The van der Waals surface area contributed by atoms with Gasteiger partial charge in [0, 0.05) is 5.56 Å². The summed E-state index contributed by atoms with van der Waals surface area (Å²) in [6.07, 6.45) is 0. The maximum absolute atomic E-state index is 12.4. The Morgan fingerprint density at radius 2 is 1.78 bits per heavy atom. The number of carbonyl (C=O) groups excluding carboxylic acids is 1. The van der Waals surface area contributed by atoms with Gasteiger partial charge in [0.1, 0.15) is 19.0 Å². The van der Waals surface area contributed by atoms with Crippen molar-refractivity contribution in [2.45, 2.75) is 13.0 Å². The van der Waals surface area contributed by atoms with E-state index in [9.17, 15) is 4.79 Å². The lowest BCUT2D eigenvalue weighted by Gasteiger charge is -2.19. The molecule has 5 heteroatoms. The van der Waals surface area contributed by atoms with E-state index in [1.165, 1.54) is 0 Å². The van der Waals surface area contributed by atoms with Crippen LogP contribution < -0.4 is 19.5 Å². The van der Waals surface area contributed by atoms with Crippen LogP contribution in [-0.2, 0) is 0 Å². The van der Waals surface area contributed by atoms with Crippen molar-refractivity contribution in [1.82, 2.24) is 5.32 Å². The lowest BCUT2D eigenvalue weighted by Crippen LogP contribution is -2.27. The molecule has 0 unspecified atom stereocenters. The van der Waals surface area contributed by atoms with Crippen LogP contribution in [0.4, 0.5) is 0 Å². The van der Waals surface area contributed by atoms with Gasteiger partial charge < -0.3 is 19.5 Å². The summed E-state index contributed by atoms with van der Waals surface area (Å²) in [5.74, 6) is 1.93. The first-order chi connectivity index (χ1) is 11.2. The second kappa shape index (κ2) is 6.60. The Balaban J connectivity index is 1.70. The lowest BCUT2D eigenvalue weighted by molar-refractivity contribution is 0.0938. The van der Waals surface area contributed by atoms with Crippen LogP contribution in [0.3, 0.4) is 0 Å². The summed E-state index contributed by atoms with van der Waals surface area (Å²) in [5, 5.41) is 2.98. The lowest BCUT2D eigenvalue weighted by atomic mass is 10.1. The average molecular weight is 313 g/mol. The average Bonchev–Trinajstić information content (AvgIpc) is 2.61. The standard InChI is InChI=1S/C18H19NO4/c1-12(13-3-6-15(21-2)7-4-13)19-18(20)14-5-8-16-17(11-14)23-10-9-22-16/h3-8,11-12H,9-10H2,1-2H3,(H,19,20)/t12-/m0/s1. The third kappa shape index (κ3) is 3.39. The normalized spacial score (nSPS) is 14.0. The zero-order valence-corrected chi connectivity index (χ0v) is 13.2. The molecule has 1 atom stereocenters. The molecule has 0 radical (unpaired) electrons. The van der Waals surface area contributed by atoms with Crippen molar-refractivity contribution >= 4 is 5.91 Å². The van der Waals surface area contributed by atoms with Gasteiger partial charge in [0.05, 0.1) is 13.2 Å². The van der Waals surface area contributed by atoms with Crippen LogP contribution in [0.15, 0.2) is 42.5 Å². The SMILES string of the molecule is COc1ccc([C@H](C)NC(=O)c2ccc3c(c2)OCCO3)cc1. The summed E-state index contributed by atoms with van der Waals surface area (Å²) < 4.78 is 16.1.